The van der Waals surface area contributed by atoms with E-state index in [2.05, 4.69) is 0 Å². The van der Waals surface area contributed by atoms with Gasteiger partial charge in [-0.05, 0) is 43.5 Å². The van der Waals surface area contributed by atoms with Crippen LogP contribution in [-0.2, 0) is 4.79 Å². The second-order valence-corrected chi connectivity index (χ2v) is 7.26. The molecule has 0 aromatic heterocycles. The summed E-state index contributed by atoms with van der Waals surface area (Å²) >= 11 is 0. The van der Waals surface area contributed by atoms with Gasteiger partial charge in [-0.2, -0.15) is 18.4 Å². The average Bonchev–Trinajstić information content (AvgIpc) is 2.65. The van der Waals surface area contributed by atoms with Gasteiger partial charge < -0.3 is 14.9 Å². The van der Waals surface area contributed by atoms with Gasteiger partial charge in [0.15, 0.2) is 0 Å². The van der Waals surface area contributed by atoms with Crippen molar-refractivity contribution in [3.8, 4) is 6.07 Å². The molecule has 2 rings (SSSR count). The van der Waals surface area contributed by atoms with Crippen molar-refractivity contribution in [3.05, 3.63) is 35.4 Å². The summed E-state index contributed by atoms with van der Waals surface area (Å²) in [6.07, 6.45) is -4.77. The normalized spacial score (nSPS) is 22.1. The van der Waals surface area contributed by atoms with Gasteiger partial charge in [-0.25, -0.2) is 0 Å². The number of likely N-dealkylation sites (tertiary alicyclic amines) is 1. The first kappa shape index (κ1) is 21.7. The molecule has 0 unspecified atom stereocenters. The molecule has 1 aliphatic heterocycles. The highest BCUT2D eigenvalue weighted by atomic mass is 19.4. The van der Waals surface area contributed by atoms with Crippen LogP contribution in [-0.4, -0.2) is 64.7 Å². The van der Waals surface area contributed by atoms with Crippen LogP contribution in [0.15, 0.2) is 24.3 Å². The summed E-state index contributed by atoms with van der Waals surface area (Å²) in [5.41, 5.74) is -2.62. The van der Waals surface area contributed by atoms with Crippen LogP contribution in [0.1, 0.15) is 36.2 Å². The SMILES string of the molecule is C[C@H]1CN(C(=O)[C@@](C)(O)C(F)(F)F)CC[C@H]1N(C)C(=O)c1ccc(C#N)cc1. The first-order chi connectivity index (χ1) is 12.9. The summed E-state index contributed by atoms with van der Waals surface area (Å²) in [5.74, 6) is -1.94. The van der Waals surface area contributed by atoms with Crippen LogP contribution in [0.25, 0.3) is 0 Å². The molecule has 152 valence electrons. The van der Waals surface area contributed by atoms with Crippen molar-refractivity contribution in [2.24, 2.45) is 5.92 Å². The minimum Gasteiger partial charge on any atom is -0.373 e. The highest BCUT2D eigenvalue weighted by Gasteiger charge is 2.57. The Hall–Kier alpha value is -2.60. The van der Waals surface area contributed by atoms with Gasteiger partial charge in [0.05, 0.1) is 11.6 Å². The van der Waals surface area contributed by atoms with Crippen LogP contribution in [0, 0.1) is 17.2 Å². The molecule has 0 spiro atoms. The smallest absolute Gasteiger partial charge is 0.373 e. The molecule has 1 N–H and O–H groups in total. The first-order valence-corrected chi connectivity index (χ1v) is 8.76. The summed E-state index contributed by atoms with van der Waals surface area (Å²) < 4.78 is 38.8. The Morgan fingerprint density at radius 1 is 1.29 bits per heavy atom. The van der Waals surface area contributed by atoms with E-state index in [-0.39, 0.29) is 31.0 Å². The van der Waals surface area contributed by atoms with Crippen molar-refractivity contribution >= 4 is 11.8 Å². The highest BCUT2D eigenvalue weighted by Crippen LogP contribution is 2.33. The summed E-state index contributed by atoms with van der Waals surface area (Å²) in [4.78, 5) is 27.3. The lowest BCUT2D eigenvalue weighted by molar-refractivity contribution is -0.251. The topological polar surface area (TPSA) is 84.6 Å². The first-order valence-electron chi connectivity index (χ1n) is 8.76. The van der Waals surface area contributed by atoms with E-state index in [1.54, 1.807) is 26.1 Å². The van der Waals surface area contributed by atoms with Crippen molar-refractivity contribution in [2.75, 3.05) is 20.1 Å². The van der Waals surface area contributed by atoms with E-state index < -0.39 is 17.7 Å². The number of benzene rings is 1. The van der Waals surface area contributed by atoms with Crippen molar-refractivity contribution in [3.63, 3.8) is 0 Å². The number of rotatable bonds is 3. The largest absolute Gasteiger partial charge is 0.426 e. The molecule has 1 heterocycles. The fourth-order valence-corrected chi connectivity index (χ4v) is 3.36. The molecule has 1 fully saturated rings. The quantitative estimate of drug-likeness (QED) is 0.847. The van der Waals surface area contributed by atoms with Crippen molar-refractivity contribution in [1.82, 2.24) is 9.80 Å². The van der Waals surface area contributed by atoms with Gasteiger partial charge in [0.1, 0.15) is 0 Å². The van der Waals surface area contributed by atoms with Crippen molar-refractivity contribution < 1.29 is 27.9 Å². The molecule has 0 bridgehead atoms. The summed E-state index contributed by atoms with van der Waals surface area (Å²) in [6, 6.07) is 7.84. The molecule has 1 aliphatic rings. The maximum absolute atomic E-state index is 12.9. The summed E-state index contributed by atoms with van der Waals surface area (Å²) in [7, 11) is 1.60. The fourth-order valence-electron chi connectivity index (χ4n) is 3.36. The third kappa shape index (κ3) is 4.12. The number of aliphatic hydroxyl groups is 1. The van der Waals surface area contributed by atoms with Crippen molar-refractivity contribution in [2.45, 2.75) is 38.1 Å². The van der Waals surface area contributed by atoms with E-state index >= 15 is 0 Å². The lowest BCUT2D eigenvalue weighted by atomic mass is 9.90. The summed E-state index contributed by atoms with van der Waals surface area (Å²) in [6.45, 7) is 2.20. The Kier molecular flexibility index (Phi) is 6.04. The van der Waals surface area contributed by atoms with Crippen LogP contribution in [0.5, 0.6) is 0 Å². The Balaban J connectivity index is 2.07. The predicted octanol–water partition coefficient (Wildman–Crippen LogP) is 2.18. The predicted molar refractivity (Wildman–Crippen MR) is 94.1 cm³/mol. The molecule has 28 heavy (non-hydrogen) atoms. The van der Waals surface area contributed by atoms with Gasteiger partial charge in [-0.3, -0.25) is 9.59 Å². The maximum atomic E-state index is 12.9. The molecule has 1 saturated heterocycles. The Bertz CT molecular complexity index is 784. The lowest BCUT2D eigenvalue weighted by Crippen LogP contribution is -2.60. The minimum absolute atomic E-state index is 0.000715. The number of hydrogen-bond acceptors (Lipinski definition) is 4. The number of amides is 2. The van der Waals surface area contributed by atoms with E-state index in [1.165, 1.54) is 17.0 Å². The van der Waals surface area contributed by atoms with Crippen LogP contribution < -0.4 is 0 Å². The average molecular weight is 397 g/mol. The number of carbonyl (C=O) groups excluding carboxylic acids is 2. The molecule has 1 aromatic carbocycles. The van der Waals surface area contributed by atoms with E-state index in [4.69, 9.17) is 5.26 Å². The third-order valence-electron chi connectivity index (χ3n) is 5.19. The number of piperidine rings is 1. The number of nitriles is 1. The number of nitrogens with zero attached hydrogens (tertiary/aromatic N) is 3. The van der Waals surface area contributed by atoms with Crippen molar-refractivity contribution in [1.29, 1.82) is 5.26 Å². The van der Waals surface area contributed by atoms with E-state index in [1.807, 2.05) is 6.07 Å². The molecule has 3 atom stereocenters. The van der Waals surface area contributed by atoms with Crippen LogP contribution in [0.3, 0.4) is 0 Å². The fraction of sp³-hybridized carbons (Fsp3) is 0.526. The molecule has 1 aromatic rings. The minimum atomic E-state index is -5.06. The molecule has 9 heteroatoms. The molecular weight excluding hydrogens is 375 g/mol. The zero-order valence-corrected chi connectivity index (χ0v) is 15.8. The number of alkyl halides is 3. The number of halogens is 3. The third-order valence-corrected chi connectivity index (χ3v) is 5.19. The zero-order valence-electron chi connectivity index (χ0n) is 15.8. The molecular formula is C19H22F3N3O3. The van der Waals surface area contributed by atoms with Crippen LogP contribution in [0.4, 0.5) is 13.2 Å². The zero-order chi connectivity index (χ0) is 21.3. The van der Waals surface area contributed by atoms with Gasteiger partial charge in [-0.15, -0.1) is 0 Å². The van der Waals surface area contributed by atoms with E-state index in [0.29, 0.717) is 24.5 Å². The van der Waals surface area contributed by atoms with E-state index in [0.717, 1.165) is 4.90 Å². The van der Waals surface area contributed by atoms with Gasteiger partial charge in [0.25, 0.3) is 11.8 Å². The van der Waals surface area contributed by atoms with Crippen LogP contribution >= 0.6 is 0 Å². The van der Waals surface area contributed by atoms with Gasteiger partial charge in [0.2, 0.25) is 5.60 Å². The molecule has 0 aliphatic carbocycles. The molecule has 2 amide bonds. The standard InChI is InChI=1S/C19H22F3N3O3/c1-12-11-25(17(27)18(2,28)19(20,21)22)9-8-15(12)24(3)16(26)14-6-4-13(10-23)5-7-14/h4-7,12,15,28H,8-9,11H2,1-3H3/t12-,15+,18+/m0/s1. The summed E-state index contributed by atoms with van der Waals surface area (Å²) in [5, 5.41) is 18.4. The van der Waals surface area contributed by atoms with Gasteiger partial charge >= 0.3 is 6.18 Å². The Labute approximate surface area is 161 Å². The van der Waals surface area contributed by atoms with Gasteiger partial charge in [-0.1, -0.05) is 6.92 Å². The molecule has 0 saturated carbocycles. The highest BCUT2D eigenvalue weighted by molar-refractivity contribution is 5.94. The monoisotopic (exact) mass is 397 g/mol. The Morgan fingerprint density at radius 3 is 2.32 bits per heavy atom. The van der Waals surface area contributed by atoms with E-state index in [9.17, 15) is 27.9 Å². The molecule has 0 radical (unpaired) electrons. The maximum Gasteiger partial charge on any atom is 0.426 e. The molecule has 6 nitrogen and oxygen atoms in total. The number of hydrogen-bond donors (Lipinski definition) is 1. The van der Waals surface area contributed by atoms with Crippen LogP contribution in [0.2, 0.25) is 0 Å². The van der Waals surface area contributed by atoms with Gasteiger partial charge in [0, 0.05) is 31.7 Å². The number of carbonyl (C=O) groups is 2. The Morgan fingerprint density at radius 2 is 1.86 bits per heavy atom. The lowest BCUT2D eigenvalue weighted by Gasteiger charge is -2.43. The second-order valence-electron chi connectivity index (χ2n) is 7.26. The second kappa shape index (κ2) is 7.80.